The van der Waals surface area contributed by atoms with Gasteiger partial charge in [-0.25, -0.2) is 4.79 Å². The highest BCUT2D eigenvalue weighted by Crippen LogP contribution is 2.52. The van der Waals surface area contributed by atoms with Crippen LogP contribution in [0, 0.1) is 11.3 Å². The molecule has 0 radical (unpaired) electrons. The Balaban J connectivity index is 1.41. The van der Waals surface area contributed by atoms with E-state index in [9.17, 15) is 9.59 Å². The number of fused-ring (bicyclic) bond motifs is 1. The van der Waals surface area contributed by atoms with Gasteiger partial charge in [-0.15, -0.1) is 0 Å². The van der Waals surface area contributed by atoms with Crippen molar-refractivity contribution in [3.63, 3.8) is 0 Å². The molecular formula is C23H22Cl2N2O4. The van der Waals surface area contributed by atoms with Crippen LogP contribution in [0.1, 0.15) is 18.4 Å². The molecule has 162 valence electrons. The molecule has 6 nitrogen and oxygen atoms in total. The number of hydrogen-bond donors (Lipinski definition) is 2. The van der Waals surface area contributed by atoms with Crippen molar-refractivity contribution in [1.82, 2.24) is 0 Å². The van der Waals surface area contributed by atoms with Crippen molar-refractivity contribution in [2.45, 2.75) is 19.3 Å². The van der Waals surface area contributed by atoms with Crippen LogP contribution in [0.25, 0.3) is 0 Å². The summed E-state index contributed by atoms with van der Waals surface area (Å²) in [5, 5.41) is 6.07. The van der Waals surface area contributed by atoms with E-state index in [0.717, 1.165) is 17.6 Å². The van der Waals surface area contributed by atoms with Crippen molar-refractivity contribution < 1.29 is 19.1 Å². The fourth-order valence-electron chi connectivity index (χ4n) is 4.40. The van der Waals surface area contributed by atoms with Crippen LogP contribution in [0.4, 0.5) is 16.2 Å². The van der Waals surface area contributed by atoms with Gasteiger partial charge in [-0.05, 0) is 43.0 Å². The summed E-state index contributed by atoms with van der Waals surface area (Å²) in [5.41, 5.74) is 2.58. The molecule has 2 aromatic rings. The minimum atomic E-state index is -0.506. The molecule has 2 aliphatic rings. The van der Waals surface area contributed by atoms with Gasteiger partial charge in [0.15, 0.2) is 0 Å². The number of methoxy groups -OCH3 is 1. The van der Waals surface area contributed by atoms with Crippen LogP contribution in [-0.2, 0) is 16.0 Å². The SMILES string of the molecule is C=C1CC2COC(=O)C2(Cc2ccc(NC(=O)Nc3cc(Cl)c(OC)cc3Cl)cc2)C1. The number of halogens is 2. The third kappa shape index (κ3) is 4.23. The van der Waals surface area contributed by atoms with E-state index in [1.165, 1.54) is 19.2 Å². The molecule has 2 fully saturated rings. The molecule has 1 aliphatic carbocycles. The highest BCUT2D eigenvalue weighted by Gasteiger charge is 2.55. The number of hydrogen-bond acceptors (Lipinski definition) is 4. The Bertz CT molecular complexity index is 1050. The number of rotatable bonds is 5. The minimum Gasteiger partial charge on any atom is -0.495 e. The first-order valence-electron chi connectivity index (χ1n) is 9.84. The molecule has 2 amide bonds. The fraction of sp³-hybridized carbons (Fsp3) is 0.304. The summed E-state index contributed by atoms with van der Waals surface area (Å²) in [6.07, 6.45) is 2.11. The number of anilines is 2. The first-order valence-corrected chi connectivity index (χ1v) is 10.6. The van der Waals surface area contributed by atoms with E-state index in [1.54, 1.807) is 12.1 Å². The Morgan fingerprint density at radius 1 is 1.23 bits per heavy atom. The average Bonchev–Trinajstić information content (AvgIpc) is 3.20. The standard InChI is InChI=1S/C23H22Cl2N2O4/c1-13-7-15-12-31-21(28)23(15,10-13)11-14-3-5-16(6-4-14)26-22(29)27-19-8-18(25)20(30-2)9-17(19)24/h3-6,8-9,15H,1,7,10-12H2,2H3,(H2,26,27,29). The maximum atomic E-state index is 12.4. The number of benzene rings is 2. The van der Waals surface area contributed by atoms with Crippen LogP contribution < -0.4 is 15.4 Å². The highest BCUT2D eigenvalue weighted by molar-refractivity contribution is 6.36. The predicted molar refractivity (Wildman–Crippen MR) is 121 cm³/mol. The van der Waals surface area contributed by atoms with Crippen molar-refractivity contribution in [2.24, 2.45) is 11.3 Å². The summed E-state index contributed by atoms with van der Waals surface area (Å²) >= 11 is 12.3. The molecule has 0 bridgehead atoms. The van der Waals surface area contributed by atoms with Crippen LogP contribution in [-0.4, -0.2) is 25.7 Å². The number of nitrogens with one attached hydrogen (secondary N) is 2. The van der Waals surface area contributed by atoms with E-state index in [2.05, 4.69) is 17.2 Å². The third-order valence-electron chi connectivity index (χ3n) is 5.93. The summed E-state index contributed by atoms with van der Waals surface area (Å²) < 4.78 is 10.4. The van der Waals surface area contributed by atoms with Crippen LogP contribution in [0.3, 0.4) is 0 Å². The average molecular weight is 461 g/mol. The van der Waals surface area contributed by atoms with Crippen LogP contribution in [0.2, 0.25) is 10.0 Å². The summed E-state index contributed by atoms with van der Waals surface area (Å²) in [6.45, 7) is 4.54. The van der Waals surface area contributed by atoms with E-state index in [1.807, 2.05) is 12.1 Å². The monoisotopic (exact) mass is 460 g/mol. The molecule has 2 aromatic carbocycles. The number of urea groups is 1. The Kier molecular flexibility index (Phi) is 5.86. The Morgan fingerprint density at radius 3 is 2.68 bits per heavy atom. The number of amides is 2. The molecule has 1 saturated carbocycles. The van der Waals surface area contributed by atoms with Gasteiger partial charge in [0, 0.05) is 17.7 Å². The molecule has 2 N–H and O–H groups in total. The number of ether oxygens (including phenoxy) is 2. The summed E-state index contributed by atoms with van der Waals surface area (Å²) in [7, 11) is 1.49. The summed E-state index contributed by atoms with van der Waals surface area (Å²) in [4.78, 5) is 24.8. The lowest BCUT2D eigenvalue weighted by atomic mass is 9.75. The number of carbonyl (C=O) groups excluding carboxylic acids is 2. The van der Waals surface area contributed by atoms with E-state index in [4.69, 9.17) is 32.7 Å². The van der Waals surface area contributed by atoms with E-state index < -0.39 is 11.4 Å². The highest BCUT2D eigenvalue weighted by atomic mass is 35.5. The zero-order chi connectivity index (χ0) is 22.2. The largest absolute Gasteiger partial charge is 0.495 e. The third-order valence-corrected chi connectivity index (χ3v) is 6.53. The van der Waals surface area contributed by atoms with E-state index in [0.29, 0.717) is 46.6 Å². The van der Waals surface area contributed by atoms with Crippen LogP contribution in [0.5, 0.6) is 5.75 Å². The maximum absolute atomic E-state index is 12.4. The number of allylic oxidation sites excluding steroid dienone is 1. The van der Waals surface area contributed by atoms with E-state index in [-0.39, 0.29) is 11.9 Å². The zero-order valence-corrected chi connectivity index (χ0v) is 18.5. The molecule has 31 heavy (non-hydrogen) atoms. The Labute approximate surface area is 190 Å². The van der Waals surface area contributed by atoms with Gasteiger partial charge >= 0.3 is 12.0 Å². The lowest BCUT2D eigenvalue weighted by Crippen LogP contribution is -2.31. The molecule has 0 aromatic heterocycles. The first-order chi connectivity index (χ1) is 14.8. The quantitative estimate of drug-likeness (QED) is 0.443. The first kappa shape index (κ1) is 21.5. The molecule has 0 spiro atoms. The van der Waals surface area contributed by atoms with Gasteiger partial charge in [0.1, 0.15) is 5.75 Å². The molecular weight excluding hydrogens is 439 g/mol. The predicted octanol–water partition coefficient (Wildman–Crippen LogP) is 5.70. The van der Waals surface area contributed by atoms with Crippen LogP contribution >= 0.6 is 23.2 Å². The van der Waals surface area contributed by atoms with E-state index >= 15 is 0 Å². The fourth-order valence-corrected chi connectivity index (χ4v) is 4.84. The Morgan fingerprint density at radius 2 is 1.97 bits per heavy atom. The molecule has 8 heteroatoms. The molecule has 2 atom stereocenters. The topological polar surface area (TPSA) is 76.7 Å². The van der Waals surface area contributed by atoms with Gasteiger partial charge in [-0.3, -0.25) is 4.79 Å². The van der Waals surface area contributed by atoms with Crippen molar-refractivity contribution in [2.75, 3.05) is 24.4 Å². The lowest BCUT2D eigenvalue weighted by Gasteiger charge is -2.24. The van der Waals surface area contributed by atoms with Gasteiger partial charge in [-0.1, -0.05) is 47.5 Å². The second-order valence-electron chi connectivity index (χ2n) is 8.00. The minimum absolute atomic E-state index is 0.132. The van der Waals surface area contributed by atoms with Gasteiger partial charge in [-0.2, -0.15) is 0 Å². The van der Waals surface area contributed by atoms with Crippen molar-refractivity contribution >= 4 is 46.6 Å². The Hall–Kier alpha value is -2.70. The lowest BCUT2D eigenvalue weighted by molar-refractivity contribution is -0.146. The summed E-state index contributed by atoms with van der Waals surface area (Å²) in [6, 6.07) is 10.0. The van der Waals surface area contributed by atoms with Gasteiger partial charge < -0.3 is 20.1 Å². The van der Waals surface area contributed by atoms with Crippen molar-refractivity contribution in [3.05, 3.63) is 64.2 Å². The van der Waals surface area contributed by atoms with Gasteiger partial charge in [0.25, 0.3) is 0 Å². The van der Waals surface area contributed by atoms with Gasteiger partial charge in [0.05, 0.1) is 34.9 Å². The number of carbonyl (C=O) groups is 2. The second kappa shape index (κ2) is 8.44. The van der Waals surface area contributed by atoms with Crippen molar-refractivity contribution in [3.8, 4) is 5.75 Å². The van der Waals surface area contributed by atoms with Gasteiger partial charge in [0.2, 0.25) is 0 Å². The molecule has 4 rings (SSSR count). The maximum Gasteiger partial charge on any atom is 0.323 e. The molecule has 1 aliphatic heterocycles. The second-order valence-corrected chi connectivity index (χ2v) is 8.82. The normalized spacial score (nSPS) is 22.1. The number of esters is 1. The zero-order valence-electron chi connectivity index (χ0n) is 17.0. The smallest absolute Gasteiger partial charge is 0.323 e. The molecule has 2 unspecified atom stereocenters. The molecule has 1 heterocycles. The number of cyclic esters (lactones) is 1. The van der Waals surface area contributed by atoms with Crippen LogP contribution in [0.15, 0.2) is 48.6 Å². The molecule has 1 saturated heterocycles. The van der Waals surface area contributed by atoms with Crippen molar-refractivity contribution in [1.29, 1.82) is 0 Å². The summed E-state index contributed by atoms with van der Waals surface area (Å²) in [5.74, 6) is 0.483.